The molecular weight excluding hydrogens is 343 g/mol. The summed E-state index contributed by atoms with van der Waals surface area (Å²) in [6, 6.07) is 8.33. The van der Waals surface area contributed by atoms with E-state index in [0.29, 0.717) is 0 Å². The molecule has 2 aromatic carbocycles. The van der Waals surface area contributed by atoms with Gasteiger partial charge in [-0.05, 0) is 68.1 Å². The molecular formula is C20H22F3NO2. The second-order valence-corrected chi connectivity index (χ2v) is 6.40. The Labute approximate surface area is 151 Å². The van der Waals surface area contributed by atoms with Crippen molar-refractivity contribution in [1.82, 2.24) is 5.32 Å². The van der Waals surface area contributed by atoms with Gasteiger partial charge in [0, 0.05) is 0 Å². The monoisotopic (exact) mass is 365 g/mol. The summed E-state index contributed by atoms with van der Waals surface area (Å²) in [6.07, 6.45) is -4.45. The molecule has 6 heteroatoms. The molecule has 0 aliphatic carbocycles. The number of rotatable bonds is 5. The average Bonchev–Trinajstić information content (AvgIpc) is 2.55. The van der Waals surface area contributed by atoms with Gasteiger partial charge in [0.15, 0.2) is 6.61 Å². The SMILES string of the molecule is Cc1cc(C)c([C@@H](C)NC(=O)COc2cccc(C(F)(F)F)c2)cc1C. The normalized spacial score (nSPS) is 12.6. The lowest BCUT2D eigenvalue weighted by Crippen LogP contribution is -2.31. The summed E-state index contributed by atoms with van der Waals surface area (Å²) in [5, 5.41) is 2.81. The van der Waals surface area contributed by atoms with E-state index in [1.54, 1.807) is 0 Å². The number of nitrogens with one attached hydrogen (secondary N) is 1. The molecule has 0 aromatic heterocycles. The second kappa shape index (κ2) is 7.81. The lowest BCUT2D eigenvalue weighted by atomic mass is 9.96. The molecule has 3 nitrogen and oxygen atoms in total. The van der Waals surface area contributed by atoms with Crippen LogP contribution in [0.5, 0.6) is 5.75 Å². The Kier molecular flexibility index (Phi) is 5.95. The molecule has 1 atom stereocenters. The van der Waals surface area contributed by atoms with Crippen molar-refractivity contribution < 1.29 is 22.7 Å². The topological polar surface area (TPSA) is 38.3 Å². The molecule has 0 aliphatic rings. The van der Waals surface area contributed by atoms with Crippen LogP contribution in [0, 0.1) is 20.8 Å². The molecule has 0 radical (unpaired) electrons. The van der Waals surface area contributed by atoms with Crippen LogP contribution >= 0.6 is 0 Å². The number of alkyl halides is 3. The van der Waals surface area contributed by atoms with Gasteiger partial charge in [0.25, 0.3) is 5.91 Å². The van der Waals surface area contributed by atoms with E-state index in [1.807, 2.05) is 33.8 Å². The highest BCUT2D eigenvalue weighted by molar-refractivity contribution is 5.78. The van der Waals surface area contributed by atoms with Gasteiger partial charge < -0.3 is 10.1 Å². The van der Waals surface area contributed by atoms with Gasteiger partial charge in [-0.2, -0.15) is 13.2 Å². The summed E-state index contributed by atoms with van der Waals surface area (Å²) >= 11 is 0. The zero-order valence-corrected chi connectivity index (χ0v) is 15.2. The Morgan fingerprint density at radius 3 is 2.38 bits per heavy atom. The predicted octanol–water partition coefficient (Wildman–Crippen LogP) is 4.89. The number of carbonyl (C=O) groups excluding carboxylic acids is 1. The summed E-state index contributed by atoms with van der Waals surface area (Å²) in [4.78, 5) is 12.1. The van der Waals surface area contributed by atoms with Crippen LogP contribution in [0.4, 0.5) is 13.2 Å². The fraction of sp³-hybridized carbons (Fsp3) is 0.350. The van der Waals surface area contributed by atoms with Crippen molar-refractivity contribution in [3.05, 3.63) is 64.2 Å². The molecule has 2 rings (SSSR count). The van der Waals surface area contributed by atoms with Gasteiger partial charge in [0.2, 0.25) is 0 Å². The van der Waals surface area contributed by atoms with E-state index < -0.39 is 17.6 Å². The zero-order chi connectivity index (χ0) is 19.5. The first-order valence-electron chi connectivity index (χ1n) is 8.25. The molecule has 0 saturated carbocycles. The highest BCUT2D eigenvalue weighted by atomic mass is 19.4. The molecule has 26 heavy (non-hydrogen) atoms. The first kappa shape index (κ1) is 19.8. The molecule has 0 saturated heterocycles. The third-order valence-corrected chi connectivity index (χ3v) is 4.26. The molecule has 0 unspecified atom stereocenters. The highest BCUT2D eigenvalue weighted by Crippen LogP contribution is 2.31. The zero-order valence-electron chi connectivity index (χ0n) is 15.2. The van der Waals surface area contributed by atoms with Crippen molar-refractivity contribution in [2.75, 3.05) is 6.61 Å². The molecule has 2 aromatic rings. The highest BCUT2D eigenvalue weighted by Gasteiger charge is 2.30. The molecule has 0 heterocycles. The van der Waals surface area contributed by atoms with Gasteiger partial charge in [-0.1, -0.05) is 18.2 Å². The van der Waals surface area contributed by atoms with Crippen LogP contribution in [0.2, 0.25) is 0 Å². The minimum Gasteiger partial charge on any atom is -0.484 e. The van der Waals surface area contributed by atoms with Crippen molar-refractivity contribution in [3.63, 3.8) is 0 Å². The van der Waals surface area contributed by atoms with Gasteiger partial charge in [0.05, 0.1) is 11.6 Å². The van der Waals surface area contributed by atoms with E-state index >= 15 is 0 Å². The van der Waals surface area contributed by atoms with Gasteiger partial charge in [-0.25, -0.2) is 0 Å². The molecule has 1 N–H and O–H groups in total. The summed E-state index contributed by atoms with van der Waals surface area (Å²) < 4.78 is 43.3. The van der Waals surface area contributed by atoms with E-state index in [1.165, 1.54) is 17.7 Å². The smallest absolute Gasteiger partial charge is 0.416 e. The fourth-order valence-corrected chi connectivity index (χ4v) is 2.72. The Balaban J connectivity index is 1.98. The summed E-state index contributed by atoms with van der Waals surface area (Å²) in [7, 11) is 0. The quantitative estimate of drug-likeness (QED) is 0.820. The van der Waals surface area contributed by atoms with Crippen LogP contribution in [-0.2, 0) is 11.0 Å². The van der Waals surface area contributed by atoms with Crippen LogP contribution in [-0.4, -0.2) is 12.5 Å². The second-order valence-electron chi connectivity index (χ2n) is 6.40. The maximum absolute atomic E-state index is 12.7. The fourth-order valence-electron chi connectivity index (χ4n) is 2.72. The number of benzene rings is 2. The van der Waals surface area contributed by atoms with Crippen molar-refractivity contribution in [2.45, 2.75) is 39.9 Å². The number of hydrogen-bond acceptors (Lipinski definition) is 2. The summed E-state index contributed by atoms with van der Waals surface area (Å²) in [5.74, 6) is -0.391. The Morgan fingerprint density at radius 1 is 1.08 bits per heavy atom. The third kappa shape index (κ3) is 5.00. The van der Waals surface area contributed by atoms with Crippen LogP contribution in [0.3, 0.4) is 0 Å². The number of carbonyl (C=O) groups is 1. The van der Waals surface area contributed by atoms with E-state index in [2.05, 4.69) is 11.4 Å². The van der Waals surface area contributed by atoms with Gasteiger partial charge in [-0.15, -0.1) is 0 Å². The largest absolute Gasteiger partial charge is 0.484 e. The predicted molar refractivity (Wildman–Crippen MR) is 94.1 cm³/mol. The summed E-state index contributed by atoms with van der Waals surface area (Å²) in [5.41, 5.74) is 3.57. The number of hydrogen-bond donors (Lipinski definition) is 1. The minimum atomic E-state index is -4.45. The lowest BCUT2D eigenvalue weighted by molar-refractivity contribution is -0.137. The number of amides is 1. The molecule has 0 fully saturated rings. The first-order valence-corrected chi connectivity index (χ1v) is 8.25. The molecule has 1 amide bonds. The standard InChI is InChI=1S/C20H22F3NO2/c1-12-8-14(3)18(9-13(12)2)15(4)24-19(25)11-26-17-7-5-6-16(10-17)20(21,22)23/h5-10,15H,11H2,1-4H3,(H,24,25)/t15-/m1/s1. The van der Waals surface area contributed by atoms with Gasteiger partial charge in [-0.3, -0.25) is 4.79 Å². The van der Waals surface area contributed by atoms with Crippen LogP contribution in [0.25, 0.3) is 0 Å². The van der Waals surface area contributed by atoms with E-state index in [9.17, 15) is 18.0 Å². The van der Waals surface area contributed by atoms with Crippen LogP contribution in [0.15, 0.2) is 36.4 Å². The molecule has 140 valence electrons. The lowest BCUT2D eigenvalue weighted by Gasteiger charge is -2.18. The van der Waals surface area contributed by atoms with Gasteiger partial charge >= 0.3 is 6.18 Å². The number of ether oxygens (including phenoxy) is 1. The number of aryl methyl sites for hydroxylation is 3. The van der Waals surface area contributed by atoms with Crippen LogP contribution in [0.1, 0.15) is 40.8 Å². The Bertz CT molecular complexity index is 800. The van der Waals surface area contributed by atoms with E-state index in [0.717, 1.165) is 28.8 Å². The maximum Gasteiger partial charge on any atom is 0.416 e. The van der Waals surface area contributed by atoms with Gasteiger partial charge in [0.1, 0.15) is 5.75 Å². The van der Waals surface area contributed by atoms with Crippen molar-refractivity contribution in [1.29, 1.82) is 0 Å². The van der Waals surface area contributed by atoms with Crippen molar-refractivity contribution >= 4 is 5.91 Å². The Hall–Kier alpha value is -2.50. The molecule has 0 bridgehead atoms. The van der Waals surface area contributed by atoms with E-state index in [4.69, 9.17) is 4.74 Å². The van der Waals surface area contributed by atoms with Crippen LogP contribution < -0.4 is 10.1 Å². The Morgan fingerprint density at radius 2 is 1.73 bits per heavy atom. The number of halogens is 3. The van der Waals surface area contributed by atoms with Crippen molar-refractivity contribution in [2.24, 2.45) is 0 Å². The van der Waals surface area contributed by atoms with E-state index in [-0.39, 0.29) is 18.4 Å². The average molecular weight is 365 g/mol. The van der Waals surface area contributed by atoms with Crippen molar-refractivity contribution in [3.8, 4) is 5.75 Å². The first-order chi connectivity index (χ1) is 12.1. The third-order valence-electron chi connectivity index (χ3n) is 4.26. The maximum atomic E-state index is 12.7. The minimum absolute atomic E-state index is 0.00462. The summed E-state index contributed by atoms with van der Waals surface area (Å²) in [6.45, 7) is 7.51. The molecule has 0 spiro atoms. The molecule has 0 aliphatic heterocycles.